The number of carbonyl (C=O) groups is 1. The first-order valence-electron chi connectivity index (χ1n) is 7.38. The molecule has 1 atom stereocenters. The molecule has 2 bridgehead atoms. The van der Waals surface area contributed by atoms with E-state index < -0.39 is 5.54 Å². The van der Waals surface area contributed by atoms with Crippen LogP contribution in [0.4, 0.5) is 0 Å². The second-order valence-electron chi connectivity index (χ2n) is 5.97. The molecule has 5 heteroatoms. The van der Waals surface area contributed by atoms with Crippen LogP contribution in [0.1, 0.15) is 19.8 Å². The number of piperidine rings is 3. The van der Waals surface area contributed by atoms with Gasteiger partial charge < -0.3 is 14.5 Å². The Morgan fingerprint density at radius 2 is 2.11 bits per heavy atom. The number of ether oxygens (including phenoxy) is 1. The third kappa shape index (κ3) is 3.09. The van der Waals surface area contributed by atoms with E-state index in [0.29, 0.717) is 12.5 Å². The van der Waals surface area contributed by atoms with E-state index in [4.69, 9.17) is 4.74 Å². The second-order valence-corrected chi connectivity index (χ2v) is 5.97. The molecule has 3 heterocycles. The normalized spacial score (nSPS) is 33.7. The van der Waals surface area contributed by atoms with E-state index in [-0.39, 0.29) is 5.97 Å². The lowest BCUT2D eigenvalue weighted by Crippen LogP contribution is -2.70. The Morgan fingerprint density at radius 1 is 1.42 bits per heavy atom. The summed E-state index contributed by atoms with van der Waals surface area (Å²) in [7, 11) is 4.10. The van der Waals surface area contributed by atoms with Crippen molar-refractivity contribution in [2.24, 2.45) is 5.92 Å². The van der Waals surface area contributed by atoms with Crippen molar-refractivity contribution in [3.8, 4) is 0 Å². The number of likely N-dealkylation sites (N-methyl/N-ethyl adjacent to an activating group) is 1. The van der Waals surface area contributed by atoms with Gasteiger partial charge in [0.2, 0.25) is 0 Å². The monoisotopic (exact) mass is 269 g/mol. The summed E-state index contributed by atoms with van der Waals surface area (Å²) in [6.45, 7) is 7.17. The molecule has 0 amide bonds. The average molecular weight is 269 g/mol. The first-order chi connectivity index (χ1) is 9.08. The maximum atomic E-state index is 12.5. The van der Waals surface area contributed by atoms with E-state index in [1.54, 1.807) is 0 Å². The van der Waals surface area contributed by atoms with Crippen LogP contribution in [0.15, 0.2) is 0 Å². The van der Waals surface area contributed by atoms with Crippen molar-refractivity contribution in [3.05, 3.63) is 0 Å². The Balaban J connectivity index is 2.07. The fraction of sp³-hybridized carbons (Fsp3) is 0.929. The zero-order chi connectivity index (χ0) is 13.9. The molecule has 110 valence electrons. The summed E-state index contributed by atoms with van der Waals surface area (Å²) in [6, 6.07) is 0. The Labute approximate surface area is 116 Å². The largest absolute Gasteiger partial charge is 0.465 e. The molecule has 3 saturated heterocycles. The number of rotatable bonds is 6. The minimum Gasteiger partial charge on any atom is -0.465 e. The van der Waals surface area contributed by atoms with Gasteiger partial charge in [0.25, 0.3) is 0 Å². The maximum Gasteiger partial charge on any atom is 0.327 e. The van der Waals surface area contributed by atoms with E-state index in [0.717, 1.165) is 45.6 Å². The molecule has 5 nitrogen and oxygen atoms in total. The summed E-state index contributed by atoms with van der Waals surface area (Å²) in [5.74, 6) is 0.377. The van der Waals surface area contributed by atoms with Crippen LogP contribution < -0.4 is 5.32 Å². The van der Waals surface area contributed by atoms with E-state index in [2.05, 4.69) is 29.2 Å². The van der Waals surface area contributed by atoms with Gasteiger partial charge in [0, 0.05) is 19.6 Å². The molecule has 1 N–H and O–H groups in total. The van der Waals surface area contributed by atoms with E-state index >= 15 is 0 Å². The molecule has 19 heavy (non-hydrogen) atoms. The summed E-state index contributed by atoms with van der Waals surface area (Å²) in [5, 5.41) is 3.52. The molecule has 0 aromatic rings. The lowest BCUT2D eigenvalue weighted by molar-refractivity contribution is -0.160. The minimum absolute atomic E-state index is 0.0526. The molecule has 1 unspecified atom stereocenters. The highest BCUT2D eigenvalue weighted by atomic mass is 16.5. The van der Waals surface area contributed by atoms with Crippen LogP contribution in [0.3, 0.4) is 0 Å². The van der Waals surface area contributed by atoms with Crippen LogP contribution in [-0.4, -0.2) is 74.7 Å². The van der Waals surface area contributed by atoms with Gasteiger partial charge in [-0.25, -0.2) is 4.79 Å². The highest BCUT2D eigenvalue weighted by Gasteiger charge is 2.52. The van der Waals surface area contributed by atoms with Crippen molar-refractivity contribution in [2.45, 2.75) is 25.3 Å². The lowest BCUT2D eigenvalue weighted by atomic mass is 9.72. The standard InChI is InChI=1S/C14H27N3O2/c1-4-19-13(18)14(15-7-10-16(2)3)11-17-8-5-12(14)6-9-17/h12,15H,4-11H2,1-3H3. The quantitative estimate of drug-likeness (QED) is 0.696. The van der Waals surface area contributed by atoms with Crippen LogP contribution in [0.25, 0.3) is 0 Å². The van der Waals surface area contributed by atoms with E-state index in [9.17, 15) is 4.79 Å². The highest BCUT2D eigenvalue weighted by Crippen LogP contribution is 2.36. The van der Waals surface area contributed by atoms with Gasteiger partial charge in [0.1, 0.15) is 5.54 Å². The summed E-state index contributed by atoms with van der Waals surface area (Å²) >= 11 is 0. The fourth-order valence-corrected chi connectivity index (χ4v) is 3.33. The van der Waals surface area contributed by atoms with Gasteiger partial charge in [0.15, 0.2) is 0 Å². The van der Waals surface area contributed by atoms with Gasteiger partial charge in [-0.1, -0.05) is 0 Å². The maximum absolute atomic E-state index is 12.5. The molecule has 0 radical (unpaired) electrons. The number of hydrogen-bond acceptors (Lipinski definition) is 5. The van der Waals surface area contributed by atoms with Crippen molar-refractivity contribution in [1.82, 2.24) is 15.1 Å². The van der Waals surface area contributed by atoms with Gasteiger partial charge in [0.05, 0.1) is 6.61 Å². The van der Waals surface area contributed by atoms with Gasteiger partial charge in [-0.05, 0) is 52.9 Å². The van der Waals surface area contributed by atoms with E-state index in [1.807, 2.05) is 6.92 Å². The highest BCUT2D eigenvalue weighted by molar-refractivity contribution is 5.82. The number of nitrogens with one attached hydrogen (secondary N) is 1. The van der Waals surface area contributed by atoms with Crippen LogP contribution >= 0.6 is 0 Å². The van der Waals surface area contributed by atoms with Crippen molar-refractivity contribution < 1.29 is 9.53 Å². The molecule has 3 fully saturated rings. The number of nitrogens with zero attached hydrogens (tertiary/aromatic N) is 2. The Bertz CT molecular complexity index is 314. The first-order valence-corrected chi connectivity index (χ1v) is 7.38. The van der Waals surface area contributed by atoms with E-state index in [1.165, 1.54) is 0 Å². The predicted octanol–water partition coefficient (Wildman–Crippen LogP) is 0.165. The number of hydrogen-bond donors (Lipinski definition) is 1. The van der Waals surface area contributed by atoms with Crippen LogP contribution in [-0.2, 0) is 9.53 Å². The van der Waals surface area contributed by atoms with Gasteiger partial charge in [-0.15, -0.1) is 0 Å². The first kappa shape index (κ1) is 14.8. The van der Waals surface area contributed by atoms with Crippen LogP contribution in [0, 0.1) is 5.92 Å². The van der Waals surface area contributed by atoms with Crippen molar-refractivity contribution in [1.29, 1.82) is 0 Å². The number of esters is 1. The molecule has 0 aromatic heterocycles. The molecule has 0 aromatic carbocycles. The third-order valence-electron chi connectivity index (χ3n) is 4.40. The minimum atomic E-state index is -0.470. The molecule has 3 aliphatic rings. The van der Waals surface area contributed by atoms with Crippen molar-refractivity contribution in [3.63, 3.8) is 0 Å². The molecular weight excluding hydrogens is 242 g/mol. The summed E-state index contributed by atoms with van der Waals surface area (Å²) in [5.41, 5.74) is -0.470. The Hall–Kier alpha value is -0.650. The molecule has 3 aliphatic heterocycles. The lowest BCUT2D eigenvalue weighted by Gasteiger charge is -2.51. The Kier molecular flexibility index (Phi) is 4.81. The van der Waals surface area contributed by atoms with Gasteiger partial charge >= 0.3 is 5.97 Å². The average Bonchev–Trinajstić information content (AvgIpc) is 2.40. The third-order valence-corrected chi connectivity index (χ3v) is 4.40. The molecule has 0 spiro atoms. The molecule has 0 saturated carbocycles. The predicted molar refractivity (Wildman–Crippen MR) is 75.1 cm³/mol. The smallest absolute Gasteiger partial charge is 0.327 e. The zero-order valence-electron chi connectivity index (χ0n) is 12.4. The van der Waals surface area contributed by atoms with Crippen molar-refractivity contribution in [2.75, 3.05) is 53.4 Å². The topological polar surface area (TPSA) is 44.8 Å². The molecule has 0 aliphatic carbocycles. The fourth-order valence-electron chi connectivity index (χ4n) is 3.33. The Morgan fingerprint density at radius 3 is 2.58 bits per heavy atom. The summed E-state index contributed by atoms with van der Waals surface area (Å²) in [4.78, 5) is 17.0. The number of fused-ring (bicyclic) bond motifs is 3. The van der Waals surface area contributed by atoms with Gasteiger partial charge in [-0.3, -0.25) is 5.32 Å². The molecular formula is C14H27N3O2. The van der Waals surface area contributed by atoms with Gasteiger partial charge in [-0.2, -0.15) is 0 Å². The zero-order valence-corrected chi connectivity index (χ0v) is 12.4. The molecule has 3 rings (SSSR count). The second kappa shape index (κ2) is 6.20. The number of carbonyl (C=O) groups excluding carboxylic acids is 1. The van der Waals surface area contributed by atoms with Crippen molar-refractivity contribution >= 4 is 5.97 Å². The van der Waals surface area contributed by atoms with Crippen LogP contribution in [0.2, 0.25) is 0 Å². The van der Waals surface area contributed by atoms with Crippen LogP contribution in [0.5, 0.6) is 0 Å². The summed E-state index contributed by atoms with van der Waals surface area (Å²) in [6.07, 6.45) is 2.21. The summed E-state index contributed by atoms with van der Waals surface area (Å²) < 4.78 is 5.35. The SMILES string of the molecule is CCOC(=O)C1(NCCN(C)C)CN2CCC1CC2.